The summed E-state index contributed by atoms with van der Waals surface area (Å²) in [5.41, 5.74) is 5.67. The minimum Gasteiger partial charge on any atom is -0.354 e. The lowest BCUT2D eigenvalue weighted by atomic mass is 10.4. The Kier molecular flexibility index (Phi) is 5.10. The number of sulfonamides is 1. The number of hydrogen-bond donors (Lipinski definition) is 2. The monoisotopic (exact) mass is 288 g/mol. The van der Waals surface area contributed by atoms with Crippen LogP contribution in [0.5, 0.6) is 0 Å². The second-order valence-electron chi connectivity index (χ2n) is 4.22. The molecule has 0 aromatic carbocycles. The van der Waals surface area contributed by atoms with Gasteiger partial charge in [-0.2, -0.15) is 0 Å². The van der Waals surface area contributed by atoms with Gasteiger partial charge in [0.25, 0.3) is 5.91 Å². The van der Waals surface area contributed by atoms with Crippen LogP contribution in [0.4, 0.5) is 0 Å². The highest BCUT2D eigenvalue weighted by Crippen LogP contribution is 2.17. The number of carbonyl (C=O) groups excluding carboxylic acids is 1. The maximum absolute atomic E-state index is 12.3. The van der Waals surface area contributed by atoms with Crippen LogP contribution in [0.25, 0.3) is 0 Å². The van der Waals surface area contributed by atoms with Gasteiger partial charge in [-0.3, -0.25) is 4.79 Å². The molecule has 1 aromatic rings. The third-order valence-corrected chi connectivity index (χ3v) is 4.65. The highest BCUT2D eigenvalue weighted by molar-refractivity contribution is 7.89. The molecule has 8 heteroatoms. The number of nitrogens with zero attached hydrogens (tertiary/aromatic N) is 2. The van der Waals surface area contributed by atoms with Gasteiger partial charge in [0, 0.05) is 33.9 Å². The smallest absolute Gasteiger partial charge is 0.267 e. The highest BCUT2D eigenvalue weighted by Gasteiger charge is 2.24. The molecule has 1 aromatic heterocycles. The number of aromatic nitrogens is 1. The summed E-state index contributed by atoms with van der Waals surface area (Å²) in [6.45, 7) is 0.779. The predicted octanol–water partition coefficient (Wildman–Crippen LogP) is -0.646. The zero-order valence-corrected chi connectivity index (χ0v) is 12.2. The molecule has 1 amide bonds. The standard InChI is InChI=1S/C11H20N4O3S/c1-13-11(16)10-7-9(8-14(10)2)19(17,18)15(3)6-4-5-12/h7-8H,4-6,12H2,1-3H3,(H,13,16). The Morgan fingerprint density at radius 2 is 2.16 bits per heavy atom. The van der Waals surface area contributed by atoms with E-state index in [1.165, 1.54) is 35.2 Å². The van der Waals surface area contributed by atoms with Crippen LogP contribution < -0.4 is 11.1 Å². The molecule has 0 saturated heterocycles. The summed E-state index contributed by atoms with van der Waals surface area (Å²) in [7, 11) is 1.05. The Morgan fingerprint density at radius 1 is 1.53 bits per heavy atom. The van der Waals surface area contributed by atoms with E-state index in [4.69, 9.17) is 5.73 Å². The van der Waals surface area contributed by atoms with Crippen LogP contribution in [0.15, 0.2) is 17.2 Å². The van der Waals surface area contributed by atoms with Gasteiger partial charge in [0.15, 0.2) is 0 Å². The summed E-state index contributed by atoms with van der Waals surface area (Å²) in [5.74, 6) is -0.325. The molecule has 0 saturated carbocycles. The van der Waals surface area contributed by atoms with E-state index in [0.29, 0.717) is 25.2 Å². The summed E-state index contributed by atoms with van der Waals surface area (Å²) in [6.07, 6.45) is 2.02. The van der Waals surface area contributed by atoms with E-state index < -0.39 is 10.0 Å². The lowest BCUT2D eigenvalue weighted by Gasteiger charge is -2.15. The van der Waals surface area contributed by atoms with Crippen molar-refractivity contribution in [3.63, 3.8) is 0 Å². The average molecular weight is 288 g/mol. The molecule has 0 spiro atoms. The van der Waals surface area contributed by atoms with Crippen molar-refractivity contribution in [3.8, 4) is 0 Å². The van der Waals surface area contributed by atoms with Crippen LogP contribution in [-0.2, 0) is 17.1 Å². The van der Waals surface area contributed by atoms with Crippen LogP contribution in [-0.4, -0.2) is 50.4 Å². The van der Waals surface area contributed by atoms with E-state index in [9.17, 15) is 13.2 Å². The Morgan fingerprint density at radius 3 is 2.68 bits per heavy atom. The van der Waals surface area contributed by atoms with Crippen molar-refractivity contribution in [3.05, 3.63) is 18.0 Å². The fraction of sp³-hybridized carbons (Fsp3) is 0.545. The molecule has 0 unspecified atom stereocenters. The van der Waals surface area contributed by atoms with E-state index in [-0.39, 0.29) is 10.8 Å². The van der Waals surface area contributed by atoms with E-state index in [2.05, 4.69) is 5.32 Å². The fourth-order valence-electron chi connectivity index (χ4n) is 1.64. The highest BCUT2D eigenvalue weighted by atomic mass is 32.2. The molecule has 108 valence electrons. The van der Waals surface area contributed by atoms with Gasteiger partial charge in [0.1, 0.15) is 10.6 Å². The zero-order valence-electron chi connectivity index (χ0n) is 11.4. The van der Waals surface area contributed by atoms with Gasteiger partial charge in [-0.15, -0.1) is 0 Å². The maximum atomic E-state index is 12.3. The minimum atomic E-state index is -3.58. The Bertz CT molecular complexity index is 550. The first-order valence-corrected chi connectivity index (χ1v) is 7.33. The van der Waals surface area contributed by atoms with Crippen LogP contribution in [0.1, 0.15) is 16.9 Å². The van der Waals surface area contributed by atoms with Crippen molar-refractivity contribution in [2.45, 2.75) is 11.3 Å². The number of hydrogen-bond acceptors (Lipinski definition) is 4. The first-order chi connectivity index (χ1) is 8.84. The van der Waals surface area contributed by atoms with Gasteiger partial charge >= 0.3 is 0 Å². The van der Waals surface area contributed by atoms with E-state index in [1.807, 2.05) is 0 Å². The number of rotatable bonds is 6. The summed E-state index contributed by atoms with van der Waals surface area (Å²) in [6, 6.07) is 1.37. The molecule has 3 N–H and O–H groups in total. The third-order valence-electron chi connectivity index (χ3n) is 2.82. The topological polar surface area (TPSA) is 97.4 Å². The van der Waals surface area contributed by atoms with E-state index in [1.54, 1.807) is 7.05 Å². The minimum absolute atomic E-state index is 0.105. The SMILES string of the molecule is CNC(=O)c1cc(S(=O)(=O)N(C)CCCN)cn1C. The van der Waals surface area contributed by atoms with Crippen molar-refractivity contribution in [1.82, 2.24) is 14.2 Å². The van der Waals surface area contributed by atoms with Crippen LogP contribution >= 0.6 is 0 Å². The second-order valence-corrected chi connectivity index (χ2v) is 6.26. The molecule has 0 radical (unpaired) electrons. The lowest BCUT2D eigenvalue weighted by molar-refractivity contribution is 0.0955. The molecule has 0 bridgehead atoms. The zero-order chi connectivity index (χ0) is 14.6. The van der Waals surface area contributed by atoms with Gasteiger partial charge in [0.05, 0.1) is 0 Å². The largest absolute Gasteiger partial charge is 0.354 e. The number of carbonyl (C=O) groups is 1. The molecule has 0 atom stereocenters. The second kappa shape index (κ2) is 6.18. The molecule has 1 heterocycles. The summed E-state index contributed by atoms with van der Waals surface area (Å²) in [4.78, 5) is 11.7. The number of nitrogens with one attached hydrogen (secondary N) is 1. The van der Waals surface area contributed by atoms with Gasteiger partial charge in [-0.25, -0.2) is 12.7 Å². The number of nitrogens with two attached hydrogens (primary N) is 1. The molecular weight excluding hydrogens is 268 g/mol. The molecule has 0 aliphatic rings. The van der Waals surface area contributed by atoms with Gasteiger partial charge in [-0.05, 0) is 19.0 Å². The molecule has 0 aliphatic carbocycles. The summed E-state index contributed by atoms with van der Waals surface area (Å²) < 4.78 is 27.2. The Labute approximate surface area is 113 Å². The molecule has 19 heavy (non-hydrogen) atoms. The van der Waals surface area contributed by atoms with Crippen molar-refractivity contribution >= 4 is 15.9 Å². The van der Waals surface area contributed by atoms with Gasteiger partial charge in [0.2, 0.25) is 10.0 Å². The molecular formula is C11H20N4O3S. The van der Waals surface area contributed by atoms with Crippen molar-refractivity contribution < 1.29 is 13.2 Å². The Balaban J connectivity index is 3.06. The number of amides is 1. The molecule has 0 aliphatic heterocycles. The van der Waals surface area contributed by atoms with Crippen molar-refractivity contribution in [2.24, 2.45) is 12.8 Å². The predicted molar refractivity (Wildman–Crippen MR) is 72.3 cm³/mol. The first kappa shape index (κ1) is 15.7. The maximum Gasteiger partial charge on any atom is 0.267 e. The normalized spacial score (nSPS) is 11.8. The van der Waals surface area contributed by atoms with Crippen LogP contribution in [0, 0.1) is 0 Å². The van der Waals surface area contributed by atoms with E-state index in [0.717, 1.165) is 0 Å². The summed E-state index contributed by atoms with van der Waals surface area (Å²) >= 11 is 0. The van der Waals surface area contributed by atoms with Crippen molar-refractivity contribution in [2.75, 3.05) is 27.2 Å². The molecule has 7 nitrogen and oxygen atoms in total. The first-order valence-electron chi connectivity index (χ1n) is 5.89. The van der Waals surface area contributed by atoms with Crippen LogP contribution in [0.2, 0.25) is 0 Å². The van der Waals surface area contributed by atoms with E-state index >= 15 is 0 Å². The Hall–Kier alpha value is -1.38. The molecule has 0 fully saturated rings. The number of aryl methyl sites for hydroxylation is 1. The average Bonchev–Trinajstić information content (AvgIpc) is 2.77. The third kappa shape index (κ3) is 3.34. The molecule has 1 rings (SSSR count). The van der Waals surface area contributed by atoms with Gasteiger partial charge < -0.3 is 15.6 Å². The fourth-order valence-corrected chi connectivity index (χ4v) is 2.92. The summed E-state index contributed by atoms with van der Waals surface area (Å²) in [5, 5.41) is 2.47. The van der Waals surface area contributed by atoms with Gasteiger partial charge in [-0.1, -0.05) is 0 Å². The lowest BCUT2D eigenvalue weighted by Crippen LogP contribution is -2.29. The van der Waals surface area contributed by atoms with Crippen molar-refractivity contribution in [1.29, 1.82) is 0 Å². The van der Waals surface area contributed by atoms with Crippen LogP contribution in [0.3, 0.4) is 0 Å². The quantitative estimate of drug-likeness (QED) is 0.727.